The van der Waals surface area contributed by atoms with E-state index in [2.05, 4.69) is 43.0 Å². The molecule has 0 fully saturated rings. The Bertz CT molecular complexity index is 578. The zero-order valence-electron chi connectivity index (χ0n) is 12.6. The normalized spacial score (nSPS) is 10.8. The molecule has 2 aromatic rings. The summed E-state index contributed by atoms with van der Waals surface area (Å²) in [6, 6.07) is 4.03. The molecule has 0 amide bonds. The van der Waals surface area contributed by atoms with Crippen LogP contribution in [0.1, 0.15) is 32.0 Å². The van der Waals surface area contributed by atoms with Crippen molar-refractivity contribution in [1.29, 1.82) is 0 Å². The van der Waals surface area contributed by atoms with Gasteiger partial charge in [-0.3, -0.25) is 4.98 Å². The summed E-state index contributed by atoms with van der Waals surface area (Å²) in [5.74, 6) is 2.21. The summed E-state index contributed by atoms with van der Waals surface area (Å²) in [4.78, 5) is 13.5. The molecule has 106 valence electrons. The second-order valence-electron chi connectivity index (χ2n) is 5.39. The van der Waals surface area contributed by atoms with E-state index in [1.54, 1.807) is 6.20 Å². The van der Waals surface area contributed by atoms with Gasteiger partial charge in [0.05, 0.1) is 0 Å². The summed E-state index contributed by atoms with van der Waals surface area (Å²) in [6.07, 6.45) is 4.58. The van der Waals surface area contributed by atoms with E-state index in [0.29, 0.717) is 5.92 Å². The number of aromatic nitrogens is 3. The lowest BCUT2D eigenvalue weighted by molar-refractivity contribution is 0.635. The standard InChI is InChI=1S/C16H22N4/c1-5-18-15-9-13(8-11(2)3)19-16(20-15)14-10-17-7-6-12(14)4/h6-7,9-11H,5,8H2,1-4H3,(H,18,19,20). The van der Waals surface area contributed by atoms with E-state index in [1.807, 2.05) is 18.3 Å². The fourth-order valence-corrected chi connectivity index (χ4v) is 2.11. The SMILES string of the molecule is CCNc1cc(CC(C)C)nc(-c2cnccc2C)n1. The van der Waals surface area contributed by atoms with Gasteiger partial charge in [-0.2, -0.15) is 0 Å². The van der Waals surface area contributed by atoms with Crippen molar-refractivity contribution < 1.29 is 0 Å². The van der Waals surface area contributed by atoms with Gasteiger partial charge in [0.1, 0.15) is 5.82 Å². The molecule has 4 nitrogen and oxygen atoms in total. The maximum atomic E-state index is 4.70. The smallest absolute Gasteiger partial charge is 0.163 e. The van der Waals surface area contributed by atoms with Crippen molar-refractivity contribution in [1.82, 2.24) is 15.0 Å². The zero-order chi connectivity index (χ0) is 14.5. The first-order chi connectivity index (χ1) is 9.60. The van der Waals surface area contributed by atoms with Crippen molar-refractivity contribution in [3.8, 4) is 11.4 Å². The van der Waals surface area contributed by atoms with E-state index in [-0.39, 0.29) is 0 Å². The third-order valence-corrected chi connectivity index (χ3v) is 3.03. The molecule has 2 heterocycles. The van der Waals surface area contributed by atoms with Crippen LogP contribution in [0, 0.1) is 12.8 Å². The van der Waals surface area contributed by atoms with Gasteiger partial charge in [-0.1, -0.05) is 13.8 Å². The molecule has 20 heavy (non-hydrogen) atoms. The molecule has 0 unspecified atom stereocenters. The van der Waals surface area contributed by atoms with Crippen molar-refractivity contribution >= 4 is 5.82 Å². The van der Waals surface area contributed by atoms with E-state index in [4.69, 9.17) is 4.98 Å². The minimum atomic E-state index is 0.572. The number of hydrogen-bond donors (Lipinski definition) is 1. The van der Waals surface area contributed by atoms with Crippen molar-refractivity contribution in [2.45, 2.75) is 34.1 Å². The van der Waals surface area contributed by atoms with Crippen LogP contribution in [0.5, 0.6) is 0 Å². The number of nitrogens with zero attached hydrogens (tertiary/aromatic N) is 3. The molecule has 0 spiro atoms. The molecule has 0 atom stereocenters. The second kappa shape index (κ2) is 6.46. The van der Waals surface area contributed by atoms with Crippen LogP contribution in [0.3, 0.4) is 0 Å². The fraction of sp³-hybridized carbons (Fsp3) is 0.438. The Hall–Kier alpha value is -1.97. The molecule has 2 aromatic heterocycles. The maximum Gasteiger partial charge on any atom is 0.163 e. The highest BCUT2D eigenvalue weighted by atomic mass is 15.0. The van der Waals surface area contributed by atoms with Gasteiger partial charge in [0.15, 0.2) is 5.82 Å². The molecular weight excluding hydrogens is 248 g/mol. The topological polar surface area (TPSA) is 50.7 Å². The number of aryl methyl sites for hydroxylation is 1. The van der Waals surface area contributed by atoms with Crippen LogP contribution >= 0.6 is 0 Å². The minimum Gasteiger partial charge on any atom is -0.370 e. The molecular formula is C16H22N4. The molecule has 0 aliphatic rings. The van der Waals surface area contributed by atoms with E-state index in [0.717, 1.165) is 41.4 Å². The molecule has 1 N–H and O–H groups in total. The Morgan fingerprint density at radius 1 is 1.25 bits per heavy atom. The van der Waals surface area contributed by atoms with Gasteiger partial charge in [0, 0.05) is 36.3 Å². The first kappa shape index (κ1) is 14.4. The van der Waals surface area contributed by atoms with Crippen molar-refractivity contribution in [3.05, 3.63) is 35.8 Å². The van der Waals surface area contributed by atoms with Gasteiger partial charge in [0.25, 0.3) is 0 Å². The fourth-order valence-electron chi connectivity index (χ4n) is 2.11. The summed E-state index contributed by atoms with van der Waals surface area (Å²) in [5, 5.41) is 3.28. The van der Waals surface area contributed by atoms with Crippen molar-refractivity contribution in [2.24, 2.45) is 5.92 Å². The molecule has 0 radical (unpaired) electrons. The van der Waals surface area contributed by atoms with Gasteiger partial charge in [-0.05, 0) is 37.8 Å². The van der Waals surface area contributed by atoms with Gasteiger partial charge in [0.2, 0.25) is 0 Å². The molecule has 4 heteroatoms. The van der Waals surface area contributed by atoms with Gasteiger partial charge < -0.3 is 5.32 Å². The molecule has 0 aliphatic carbocycles. The summed E-state index contributed by atoms with van der Waals surface area (Å²) in [5.41, 5.74) is 3.21. The molecule has 2 rings (SSSR count). The zero-order valence-corrected chi connectivity index (χ0v) is 12.6. The van der Waals surface area contributed by atoms with Crippen molar-refractivity contribution in [2.75, 3.05) is 11.9 Å². The minimum absolute atomic E-state index is 0.572. The summed E-state index contributed by atoms with van der Waals surface area (Å²) in [6.45, 7) is 9.37. The summed E-state index contributed by atoms with van der Waals surface area (Å²) < 4.78 is 0. The van der Waals surface area contributed by atoms with E-state index in [1.165, 1.54) is 0 Å². The molecule has 0 saturated carbocycles. The quantitative estimate of drug-likeness (QED) is 0.903. The van der Waals surface area contributed by atoms with Gasteiger partial charge >= 0.3 is 0 Å². The number of hydrogen-bond acceptors (Lipinski definition) is 4. The van der Waals surface area contributed by atoms with Gasteiger partial charge in [-0.25, -0.2) is 9.97 Å². The highest BCUT2D eigenvalue weighted by Gasteiger charge is 2.10. The highest BCUT2D eigenvalue weighted by molar-refractivity contribution is 5.60. The van der Waals surface area contributed by atoms with Crippen LogP contribution in [0.2, 0.25) is 0 Å². The van der Waals surface area contributed by atoms with E-state index < -0.39 is 0 Å². The predicted molar refractivity (Wildman–Crippen MR) is 82.7 cm³/mol. The maximum absolute atomic E-state index is 4.70. The van der Waals surface area contributed by atoms with E-state index >= 15 is 0 Å². The first-order valence-electron chi connectivity index (χ1n) is 7.13. The third-order valence-electron chi connectivity index (χ3n) is 3.03. The van der Waals surface area contributed by atoms with Crippen LogP contribution in [-0.4, -0.2) is 21.5 Å². The Morgan fingerprint density at radius 3 is 2.70 bits per heavy atom. The average Bonchev–Trinajstić information content (AvgIpc) is 2.38. The number of pyridine rings is 1. The molecule has 0 saturated heterocycles. The third kappa shape index (κ3) is 3.53. The van der Waals surface area contributed by atoms with Crippen LogP contribution in [-0.2, 0) is 6.42 Å². The Morgan fingerprint density at radius 2 is 2.05 bits per heavy atom. The van der Waals surface area contributed by atoms with E-state index in [9.17, 15) is 0 Å². The number of nitrogens with one attached hydrogen (secondary N) is 1. The van der Waals surface area contributed by atoms with Crippen LogP contribution in [0.4, 0.5) is 5.82 Å². The predicted octanol–water partition coefficient (Wildman–Crippen LogP) is 3.48. The lowest BCUT2D eigenvalue weighted by Gasteiger charge is -2.11. The number of anilines is 1. The summed E-state index contributed by atoms with van der Waals surface area (Å²) in [7, 11) is 0. The Balaban J connectivity index is 2.46. The monoisotopic (exact) mass is 270 g/mol. The van der Waals surface area contributed by atoms with Gasteiger partial charge in [-0.15, -0.1) is 0 Å². The average molecular weight is 270 g/mol. The summed E-state index contributed by atoms with van der Waals surface area (Å²) >= 11 is 0. The van der Waals surface area contributed by atoms with Crippen molar-refractivity contribution in [3.63, 3.8) is 0 Å². The number of rotatable bonds is 5. The first-order valence-corrected chi connectivity index (χ1v) is 7.13. The Labute approximate surface area is 120 Å². The van der Waals surface area contributed by atoms with Crippen LogP contribution in [0.25, 0.3) is 11.4 Å². The molecule has 0 bridgehead atoms. The lowest BCUT2D eigenvalue weighted by atomic mass is 10.1. The van der Waals surface area contributed by atoms with Crippen LogP contribution in [0.15, 0.2) is 24.5 Å². The second-order valence-corrected chi connectivity index (χ2v) is 5.39. The highest BCUT2D eigenvalue weighted by Crippen LogP contribution is 2.21. The molecule has 0 aromatic carbocycles. The lowest BCUT2D eigenvalue weighted by Crippen LogP contribution is -2.06. The largest absolute Gasteiger partial charge is 0.370 e. The Kier molecular flexibility index (Phi) is 4.66. The van der Waals surface area contributed by atoms with Crippen LogP contribution < -0.4 is 5.32 Å². The molecule has 0 aliphatic heterocycles.